The van der Waals surface area contributed by atoms with Gasteiger partial charge in [-0.25, -0.2) is 4.98 Å². The second-order valence-corrected chi connectivity index (χ2v) is 6.81. The molecule has 2 atom stereocenters. The van der Waals surface area contributed by atoms with E-state index < -0.39 is 0 Å². The van der Waals surface area contributed by atoms with Gasteiger partial charge in [0, 0.05) is 26.2 Å². The second-order valence-electron chi connectivity index (χ2n) is 5.78. The van der Waals surface area contributed by atoms with Gasteiger partial charge in [-0.1, -0.05) is 23.5 Å². The fourth-order valence-electron chi connectivity index (χ4n) is 3.00. The highest BCUT2D eigenvalue weighted by Crippen LogP contribution is 2.25. The molecule has 0 bridgehead atoms. The van der Waals surface area contributed by atoms with E-state index in [0.717, 1.165) is 29.6 Å². The van der Waals surface area contributed by atoms with E-state index in [1.165, 1.54) is 11.3 Å². The van der Waals surface area contributed by atoms with Gasteiger partial charge in [-0.05, 0) is 25.0 Å². The van der Waals surface area contributed by atoms with Crippen LogP contribution in [0.25, 0.3) is 10.2 Å². The number of nitrogens with two attached hydrogens (primary N) is 1. The summed E-state index contributed by atoms with van der Waals surface area (Å²) < 4.78 is 6.49. The number of hydrogen-bond donors (Lipinski definition) is 2. The number of rotatable bonds is 5. The Balaban J connectivity index is 0.00000208. The van der Waals surface area contributed by atoms with Gasteiger partial charge in [0.1, 0.15) is 0 Å². The van der Waals surface area contributed by atoms with E-state index in [1.54, 1.807) is 7.11 Å². The SMILES string of the molecule is COC1CCN(CC(=O)Nc2nc3ccccc3s2)C(CN)C1.Cl. The molecule has 1 aromatic carbocycles. The maximum atomic E-state index is 12.3. The first-order valence-corrected chi connectivity index (χ1v) is 8.63. The van der Waals surface area contributed by atoms with Crippen molar-refractivity contribution in [1.82, 2.24) is 9.88 Å². The number of fused-ring (bicyclic) bond motifs is 1. The molecule has 1 aliphatic rings. The first-order valence-electron chi connectivity index (χ1n) is 7.82. The smallest absolute Gasteiger partial charge is 0.240 e. The van der Waals surface area contributed by atoms with Crippen molar-refractivity contribution in [2.75, 3.05) is 32.1 Å². The molecule has 1 saturated heterocycles. The van der Waals surface area contributed by atoms with Crippen LogP contribution in [0, 0.1) is 0 Å². The minimum absolute atomic E-state index is 0. The molecule has 3 rings (SSSR count). The summed E-state index contributed by atoms with van der Waals surface area (Å²) in [7, 11) is 1.73. The lowest BCUT2D eigenvalue weighted by molar-refractivity contribution is -0.118. The van der Waals surface area contributed by atoms with Gasteiger partial charge in [-0.2, -0.15) is 0 Å². The Morgan fingerprint density at radius 1 is 1.50 bits per heavy atom. The van der Waals surface area contributed by atoms with E-state index in [0.29, 0.717) is 18.2 Å². The standard InChI is InChI=1S/C16H22N4O2S.ClH/c1-22-12-6-7-20(11(8-12)9-17)10-15(21)19-16-18-13-4-2-3-5-14(13)23-16;/h2-5,11-12H,6-10,17H2,1H3,(H,18,19,21);1H. The third kappa shape index (κ3) is 4.43. The molecule has 0 radical (unpaired) electrons. The van der Waals surface area contributed by atoms with E-state index >= 15 is 0 Å². The van der Waals surface area contributed by atoms with Crippen LogP contribution in [0.5, 0.6) is 0 Å². The van der Waals surface area contributed by atoms with Gasteiger partial charge in [0.05, 0.1) is 22.9 Å². The Morgan fingerprint density at radius 2 is 2.29 bits per heavy atom. The third-order valence-corrected chi connectivity index (χ3v) is 5.23. The van der Waals surface area contributed by atoms with Gasteiger partial charge in [0.15, 0.2) is 5.13 Å². The van der Waals surface area contributed by atoms with Crippen molar-refractivity contribution in [2.24, 2.45) is 5.73 Å². The average Bonchev–Trinajstić information content (AvgIpc) is 2.97. The maximum absolute atomic E-state index is 12.3. The number of amides is 1. The minimum Gasteiger partial charge on any atom is -0.381 e. The van der Waals surface area contributed by atoms with Crippen LogP contribution in [0.15, 0.2) is 24.3 Å². The molecule has 0 saturated carbocycles. The van der Waals surface area contributed by atoms with Crippen molar-refractivity contribution in [3.8, 4) is 0 Å². The molecule has 0 aliphatic carbocycles. The number of nitrogens with one attached hydrogen (secondary N) is 1. The second kappa shape index (κ2) is 8.73. The molecule has 1 aromatic heterocycles. The number of likely N-dealkylation sites (tertiary alicyclic amines) is 1. The van der Waals surface area contributed by atoms with Crippen LogP contribution in [-0.2, 0) is 9.53 Å². The van der Waals surface area contributed by atoms with Crippen LogP contribution < -0.4 is 11.1 Å². The third-order valence-electron chi connectivity index (χ3n) is 4.28. The van der Waals surface area contributed by atoms with Gasteiger partial charge in [-0.15, -0.1) is 12.4 Å². The molecule has 1 amide bonds. The highest BCUT2D eigenvalue weighted by molar-refractivity contribution is 7.22. The number of carbonyl (C=O) groups excluding carboxylic acids is 1. The largest absolute Gasteiger partial charge is 0.381 e. The molecule has 1 aliphatic heterocycles. The number of ether oxygens (including phenoxy) is 1. The molecule has 6 nitrogen and oxygen atoms in total. The first kappa shape index (κ1) is 19.1. The van der Waals surface area contributed by atoms with Crippen molar-refractivity contribution >= 4 is 45.0 Å². The van der Waals surface area contributed by atoms with Crippen molar-refractivity contribution in [3.05, 3.63) is 24.3 Å². The fourth-order valence-corrected chi connectivity index (χ4v) is 3.88. The van der Waals surface area contributed by atoms with E-state index in [2.05, 4.69) is 15.2 Å². The number of thiazole rings is 1. The molecule has 2 heterocycles. The van der Waals surface area contributed by atoms with E-state index in [4.69, 9.17) is 10.5 Å². The quantitative estimate of drug-likeness (QED) is 0.842. The number of anilines is 1. The zero-order valence-electron chi connectivity index (χ0n) is 13.6. The summed E-state index contributed by atoms with van der Waals surface area (Å²) in [4.78, 5) is 18.9. The molecule has 2 aromatic rings. The summed E-state index contributed by atoms with van der Waals surface area (Å²) in [5.74, 6) is -0.0432. The van der Waals surface area contributed by atoms with E-state index in [9.17, 15) is 4.79 Å². The van der Waals surface area contributed by atoms with E-state index in [1.807, 2.05) is 24.3 Å². The molecule has 1 fully saturated rings. The number of nitrogens with zero attached hydrogens (tertiary/aromatic N) is 2. The van der Waals surface area contributed by atoms with Crippen LogP contribution in [0.2, 0.25) is 0 Å². The predicted molar refractivity (Wildman–Crippen MR) is 99.9 cm³/mol. The lowest BCUT2D eigenvalue weighted by atomic mass is 9.99. The molecule has 132 valence electrons. The van der Waals surface area contributed by atoms with Crippen molar-refractivity contribution in [3.63, 3.8) is 0 Å². The molecule has 24 heavy (non-hydrogen) atoms. The number of benzene rings is 1. The summed E-state index contributed by atoms with van der Waals surface area (Å²) in [6.07, 6.45) is 2.05. The number of carbonyl (C=O) groups is 1. The molecule has 3 N–H and O–H groups in total. The fraction of sp³-hybridized carbons (Fsp3) is 0.500. The molecule has 8 heteroatoms. The lowest BCUT2D eigenvalue weighted by Gasteiger charge is -2.37. The zero-order valence-corrected chi connectivity index (χ0v) is 15.2. The van der Waals surface area contributed by atoms with Gasteiger partial charge >= 0.3 is 0 Å². The summed E-state index contributed by atoms with van der Waals surface area (Å²) >= 11 is 1.49. The molecule has 0 spiro atoms. The van der Waals surface area contributed by atoms with Gasteiger partial charge in [0.25, 0.3) is 0 Å². The van der Waals surface area contributed by atoms with Crippen LogP contribution in [0.4, 0.5) is 5.13 Å². The summed E-state index contributed by atoms with van der Waals surface area (Å²) in [5, 5.41) is 3.55. The Labute approximate surface area is 151 Å². The normalized spacial score (nSPS) is 21.4. The van der Waals surface area contributed by atoms with Crippen LogP contribution >= 0.6 is 23.7 Å². The Morgan fingerprint density at radius 3 is 3.00 bits per heavy atom. The lowest BCUT2D eigenvalue weighted by Crippen LogP contribution is -2.50. The van der Waals surface area contributed by atoms with E-state index in [-0.39, 0.29) is 30.5 Å². The van der Waals surface area contributed by atoms with Gasteiger partial charge in [0.2, 0.25) is 5.91 Å². The Kier molecular flexibility index (Phi) is 6.94. The van der Waals surface area contributed by atoms with Gasteiger partial charge < -0.3 is 15.8 Å². The summed E-state index contributed by atoms with van der Waals surface area (Å²) in [5.41, 5.74) is 6.76. The Bertz CT molecular complexity index is 648. The summed E-state index contributed by atoms with van der Waals surface area (Å²) in [6, 6.07) is 8.05. The first-order chi connectivity index (χ1) is 11.2. The topological polar surface area (TPSA) is 80.5 Å². The van der Waals surface area contributed by atoms with Crippen LogP contribution in [-0.4, -0.2) is 54.7 Å². The highest BCUT2D eigenvalue weighted by atomic mass is 35.5. The van der Waals surface area contributed by atoms with Crippen LogP contribution in [0.1, 0.15) is 12.8 Å². The maximum Gasteiger partial charge on any atom is 0.240 e. The molecular formula is C16H23ClN4O2S. The van der Waals surface area contributed by atoms with Crippen LogP contribution in [0.3, 0.4) is 0 Å². The number of para-hydroxylation sites is 1. The zero-order chi connectivity index (χ0) is 16.2. The molecule has 2 unspecified atom stereocenters. The summed E-state index contributed by atoms with van der Waals surface area (Å²) in [6.45, 7) is 1.70. The number of halogens is 1. The predicted octanol–water partition coefficient (Wildman–Crippen LogP) is 2.09. The number of methoxy groups -OCH3 is 1. The number of hydrogen-bond acceptors (Lipinski definition) is 6. The van der Waals surface area contributed by atoms with Gasteiger partial charge in [-0.3, -0.25) is 9.69 Å². The average molecular weight is 371 g/mol. The van der Waals surface area contributed by atoms with Crippen molar-refractivity contribution in [1.29, 1.82) is 0 Å². The van der Waals surface area contributed by atoms with Crippen molar-refractivity contribution in [2.45, 2.75) is 25.0 Å². The van der Waals surface area contributed by atoms with Crippen molar-refractivity contribution < 1.29 is 9.53 Å². The number of piperidine rings is 1. The number of aromatic nitrogens is 1. The highest BCUT2D eigenvalue weighted by Gasteiger charge is 2.28. The monoisotopic (exact) mass is 370 g/mol. The molecular weight excluding hydrogens is 348 g/mol. The Hall–Kier alpha value is -1.25. The minimum atomic E-state index is -0.0432.